The van der Waals surface area contributed by atoms with Crippen LogP contribution in [0.5, 0.6) is 0 Å². The van der Waals surface area contributed by atoms with Crippen molar-refractivity contribution < 1.29 is 10.0 Å². The van der Waals surface area contributed by atoms with E-state index < -0.39 is 0 Å². The molecular formula is C11H15N3O2. The number of hydrogen-bond acceptors (Lipinski definition) is 4. The van der Waals surface area contributed by atoms with Crippen LogP contribution in [-0.4, -0.2) is 29.7 Å². The molecule has 1 saturated heterocycles. The second kappa shape index (κ2) is 4.51. The van der Waals surface area contributed by atoms with Gasteiger partial charge in [-0.1, -0.05) is 12.1 Å². The van der Waals surface area contributed by atoms with Gasteiger partial charge in [0.05, 0.1) is 5.69 Å². The summed E-state index contributed by atoms with van der Waals surface area (Å²) in [5, 5.41) is 12.2. The van der Waals surface area contributed by atoms with Gasteiger partial charge in [0.15, 0.2) is 0 Å². The van der Waals surface area contributed by atoms with Crippen molar-refractivity contribution in [3.8, 4) is 0 Å². The van der Waals surface area contributed by atoms with E-state index in [1.807, 2.05) is 29.3 Å². The molecule has 0 spiro atoms. The first kappa shape index (κ1) is 10.9. The van der Waals surface area contributed by atoms with Gasteiger partial charge in [-0.2, -0.15) is 0 Å². The molecule has 5 heteroatoms. The van der Waals surface area contributed by atoms with Crippen LogP contribution in [0.4, 0.5) is 5.69 Å². The van der Waals surface area contributed by atoms with E-state index in [4.69, 9.17) is 5.21 Å². The third kappa shape index (κ3) is 2.00. The number of hydrazine groups is 1. The zero-order valence-electron chi connectivity index (χ0n) is 9.18. The molecule has 1 aliphatic rings. The molecule has 86 valence electrons. The largest absolute Gasteiger partial charge is 0.316 e. The van der Waals surface area contributed by atoms with Crippen LogP contribution in [0.25, 0.3) is 0 Å². The minimum atomic E-state index is 0.130. The maximum absolute atomic E-state index is 11.4. The lowest BCUT2D eigenvalue weighted by molar-refractivity contribution is -0.126. The number of carbonyl (C=O) groups is 1. The van der Waals surface area contributed by atoms with Crippen molar-refractivity contribution in [3.63, 3.8) is 0 Å². The minimum absolute atomic E-state index is 0.130. The molecule has 2 rings (SSSR count). The Bertz CT molecular complexity index is 395. The zero-order valence-corrected chi connectivity index (χ0v) is 9.18. The topological polar surface area (TPSA) is 55.8 Å². The molecule has 1 aliphatic heterocycles. The monoisotopic (exact) mass is 221 g/mol. The van der Waals surface area contributed by atoms with E-state index in [1.165, 1.54) is 0 Å². The van der Waals surface area contributed by atoms with Crippen molar-refractivity contribution in [1.82, 2.24) is 10.5 Å². The van der Waals surface area contributed by atoms with Crippen molar-refractivity contribution in [2.75, 3.05) is 18.6 Å². The molecule has 0 saturated carbocycles. The Hall–Kier alpha value is -1.59. The summed E-state index contributed by atoms with van der Waals surface area (Å²) in [6, 6.07) is 7.75. The number of carbonyl (C=O) groups excluding carboxylic acids is 1. The quantitative estimate of drug-likeness (QED) is 0.739. The second-order valence-corrected chi connectivity index (χ2v) is 3.80. The third-order valence-corrected chi connectivity index (χ3v) is 2.75. The van der Waals surface area contributed by atoms with Crippen molar-refractivity contribution in [3.05, 3.63) is 29.8 Å². The van der Waals surface area contributed by atoms with E-state index in [1.54, 1.807) is 12.1 Å². The Labute approximate surface area is 94.2 Å². The van der Waals surface area contributed by atoms with Gasteiger partial charge in [-0.05, 0) is 17.7 Å². The van der Waals surface area contributed by atoms with Gasteiger partial charge < -0.3 is 5.21 Å². The fraction of sp³-hybridized carbons (Fsp3) is 0.364. The molecule has 1 aromatic carbocycles. The molecule has 1 heterocycles. The number of hydroxylamine groups is 1. The molecule has 0 unspecified atom stereocenters. The number of hydrogen-bond donors (Lipinski definition) is 2. The maximum atomic E-state index is 11.4. The number of benzene rings is 1. The SMILES string of the molecule is CN1C(=O)CCN1c1cccc(CNO)c1. The van der Waals surface area contributed by atoms with E-state index in [9.17, 15) is 4.79 Å². The van der Waals surface area contributed by atoms with E-state index in [0.717, 1.165) is 11.3 Å². The molecule has 1 aromatic rings. The summed E-state index contributed by atoms with van der Waals surface area (Å²) in [7, 11) is 1.77. The van der Waals surface area contributed by atoms with Gasteiger partial charge in [0.1, 0.15) is 0 Å². The Kier molecular flexibility index (Phi) is 3.07. The summed E-state index contributed by atoms with van der Waals surface area (Å²) < 4.78 is 0. The summed E-state index contributed by atoms with van der Waals surface area (Å²) in [6.07, 6.45) is 0.555. The van der Waals surface area contributed by atoms with Crippen LogP contribution in [0, 0.1) is 0 Å². The summed E-state index contributed by atoms with van der Waals surface area (Å²) in [5.41, 5.74) is 4.08. The van der Waals surface area contributed by atoms with Gasteiger partial charge in [0.2, 0.25) is 5.91 Å². The van der Waals surface area contributed by atoms with Crippen LogP contribution in [-0.2, 0) is 11.3 Å². The number of rotatable bonds is 3. The highest BCUT2D eigenvalue weighted by molar-refractivity contribution is 5.81. The van der Waals surface area contributed by atoms with Crippen LogP contribution in [0.3, 0.4) is 0 Å². The first-order valence-electron chi connectivity index (χ1n) is 5.22. The fourth-order valence-electron chi connectivity index (χ4n) is 1.87. The first-order valence-corrected chi connectivity index (χ1v) is 5.22. The van der Waals surface area contributed by atoms with E-state index >= 15 is 0 Å². The molecule has 0 atom stereocenters. The molecule has 1 fully saturated rings. The number of nitrogens with zero attached hydrogens (tertiary/aromatic N) is 2. The summed E-state index contributed by atoms with van der Waals surface area (Å²) in [5.74, 6) is 0.130. The predicted octanol–water partition coefficient (Wildman–Crippen LogP) is 0.749. The molecule has 2 N–H and O–H groups in total. The van der Waals surface area contributed by atoms with Gasteiger partial charge in [-0.3, -0.25) is 14.8 Å². The summed E-state index contributed by atoms with van der Waals surface area (Å²) in [6.45, 7) is 1.12. The lowest BCUT2D eigenvalue weighted by Crippen LogP contribution is -2.35. The smallest absolute Gasteiger partial charge is 0.242 e. The van der Waals surface area contributed by atoms with E-state index in [-0.39, 0.29) is 5.91 Å². The van der Waals surface area contributed by atoms with Crippen molar-refractivity contribution >= 4 is 11.6 Å². The molecule has 0 bridgehead atoms. The first-order chi connectivity index (χ1) is 7.72. The normalized spacial score (nSPS) is 16.0. The fourth-order valence-corrected chi connectivity index (χ4v) is 1.87. The van der Waals surface area contributed by atoms with Gasteiger partial charge in [-0.25, -0.2) is 5.48 Å². The second-order valence-electron chi connectivity index (χ2n) is 3.80. The summed E-state index contributed by atoms with van der Waals surface area (Å²) in [4.78, 5) is 11.4. The third-order valence-electron chi connectivity index (χ3n) is 2.75. The Morgan fingerprint density at radius 1 is 1.50 bits per heavy atom. The Balaban J connectivity index is 2.20. The zero-order chi connectivity index (χ0) is 11.5. The van der Waals surface area contributed by atoms with Crippen LogP contribution in [0.15, 0.2) is 24.3 Å². The lowest BCUT2D eigenvalue weighted by Gasteiger charge is -2.26. The number of anilines is 1. The van der Waals surface area contributed by atoms with Crippen LogP contribution >= 0.6 is 0 Å². The van der Waals surface area contributed by atoms with Gasteiger partial charge in [-0.15, -0.1) is 0 Å². The van der Waals surface area contributed by atoms with Gasteiger partial charge in [0, 0.05) is 26.6 Å². The molecule has 5 nitrogen and oxygen atoms in total. The van der Waals surface area contributed by atoms with Gasteiger partial charge in [0.25, 0.3) is 0 Å². The molecule has 0 aliphatic carbocycles. The predicted molar refractivity (Wildman–Crippen MR) is 59.8 cm³/mol. The average Bonchev–Trinajstić information content (AvgIpc) is 2.61. The highest BCUT2D eigenvalue weighted by Gasteiger charge is 2.25. The number of nitrogens with one attached hydrogen (secondary N) is 1. The highest BCUT2D eigenvalue weighted by atomic mass is 16.5. The lowest BCUT2D eigenvalue weighted by atomic mass is 10.2. The van der Waals surface area contributed by atoms with E-state index in [2.05, 4.69) is 5.48 Å². The summed E-state index contributed by atoms with van der Waals surface area (Å²) >= 11 is 0. The highest BCUT2D eigenvalue weighted by Crippen LogP contribution is 2.22. The Morgan fingerprint density at radius 3 is 2.94 bits per heavy atom. The average molecular weight is 221 g/mol. The minimum Gasteiger partial charge on any atom is -0.316 e. The van der Waals surface area contributed by atoms with Crippen LogP contribution in [0.1, 0.15) is 12.0 Å². The van der Waals surface area contributed by atoms with Gasteiger partial charge >= 0.3 is 0 Å². The molecule has 0 aromatic heterocycles. The number of amides is 1. The maximum Gasteiger partial charge on any atom is 0.242 e. The van der Waals surface area contributed by atoms with Crippen LogP contribution in [0.2, 0.25) is 0 Å². The molecule has 1 amide bonds. The standard InChI is InChI=1S/C11H15N3O2/c1-13-11(15)5-6-14(13)10-4-2-3-9(7-10)8-12-16/h2-4,7,12,16H,5-6,8H2,1H3. The van der Waals surface area contributed by atoms with Crippen molar-refractivity contribution in [2.45, 2.75) is 13.0 Å². The molecular weight excluding hydrogens is 206 g/mol. The van der Waals surface area contributed by atoms with Crippen LogP contribution < -0.4 is 10.5 Å². The van der Waals surface area contributed by atoms with Crippen molar-refractivity contribution in [2.24, 2.45) is 0 Å². The molecule has 0 radical (unpaired) electrons. The molecule has 16 heavy (non-hydrogen) atoms. The van der Waals surface area contributed by atoms with E-state index in [0.29, 0.717) is 19.5 Å². The van der Waals surface area contributed by atoms with Crippen molar-refractivity contribution in [1.29, 1.82) is 0 Å². The Morgan fingerprint density at radius 2 is 2.31 bits per heavy atom.